The van der Waals surface area contributed by atoms with Gasteiger partial charge in [0.2, 0.25) is 76.8 Å². The lowest BCUT2D eigenvalue weighted by atomic mass is 9.97. The van der Waals surface area contributed by atoms with Crippen molar-refractivity contribution >= 4 is 100 Å². The van der Waals surface area contributed by atoms with Crippen molar-refractivity contribution < 1.29 is 87.2 Å². The van der Waals surface area contributed by atoms with E-state index in [1.54, 1.807) is 47.8 Å². The van der Waals surface area contributed by atoms with E-state index in [0.717, 1.165) is 0 Å². The molecule has 0 saturated heterocycles. The van der Waals surface area contributed by atoms with Gasteiger partial charge in [-0.1, -0.05) is 48.0 Å². The minimum atomic E-state index is -2.03. The van der Waals surface area contributed by atoms with Crippen molar-refractivity contribution in [1.29, 1.82) is 0 Å². The summed E-state index contributed by atoms with van der Waals surface area (Å²) in [6, 6.07) is -16.8. The molecule has 0 saturated carbocycles. The summed E-state index contributed by atoms with van der Waals surface area (Å²) in [5.74, 6) is -16.9. The number of carbonyl (C=O) groups excluding carboxylic acids is 13. The van der Waals surface area contributed by atoms with Crippen LogP contribution in [0.4, 0.5) is 0 Å². The molecule has 1 aromatic rings. The number of aliphatic carboxylic acids is 2. The van der Waals surface area contributed by atoms with Gasteiger partial charge >= 0.3 is 11.9 Å². The number of aromatic nitrogens is 2. The third-order valence-corrected chi connectivity index (χ3v) is 14.6. The molecule has 1 aromatic heterocycles. The van der Waals surface area contributed by atoms with Crippen LogP contribution in [0.1, 0.15) is 125 Å². The molecule has 0 unspecified atom stereocenters. The van der Waals surface area contributed by atoms with E-state index in [-0.39, 0.29) is 69.0 Å². The number of nitrogens with zero attached hydrogens (tertiary/aromatic N) is 1. The molecule has 92 heavy (non-hydrogen) atoms. The highest BCUT2D eigenvalue weighted by molar-refractivity contribution is 7.98. The fourth-order valence-electron chi connectivity index (χ4n) is 8.72. The monoisotopic (exact) mass is 1330 g/mol. The molecule has 518 valence electrons. The molecule has 23 N–H and O–H groups in total. The average Bonchev–Trinajstić information content (AvgIpc) is 3.03. The molecule has 0 bridgehead atoms. The zero-order chi connectivity index (χ0) is 69.9. The molecular formula is C56H95N17O18S. The standard InChI is InChI=1S/C56H95N17O18S/c1-9-29(6)45(73-49(83)33(13-14-41(59)75)66-48(82)34(15-17-92-8)65-43(77)24-62-47(81)32(58)25-74)55(89)64-30(7)46(80)68-36(18-27(2)3)51(85)71-39(21-42(60)76)53(87)72-40(22-44(78)79)54(88)70-38(20-31-23-61-26-63-31)52(86)69-37(19-28(4)5)50(84)67-35(56(90)91)12-10-11-16-57/h23,26-30,32-40,45,74H,9-22,24-25,57-58H2,1-8H3,(H2,59,75)(H2,60,76)(H,61,63)(H,62,81)(H,64,89)(H,65,77)(H,66,82)(H,67,84)(H,68,80)(H,69,86)(H,70,88)(H,71,85)(H,72,87)(H,73,83)(H,78,79)(H,90,91)/t29-,30-,32-,33-,34-,35-,36-,37-,38-,39-,40-,45-/m0/s1. The molecule has 0 fully saturated rings. The van der Waals surface area contributed by atoms with Crippen LogP contribution in [0, 0.1) is 17.8 Å². The Morgan fingerprint density at radius 3 is 1.54 bits per heavy atom. The molecule has 35 nitrogen and oxygen atoms in total. The zero-order valence-electron chi connectivity index (χ0n) is 53.2. The molecule has 36 heteroatoms. The van der Waals surface area contributed by atoms with Gasteiger partial charge in [0.25, 0.3) is 0 Å². The minimum absolute atomic E-state index is 0.00179. The Balaban J connectivity index is 3.47. The van der Waals surface area contributed by atoms with Crippen molar-refractivity contribution in [3.8, 4) is 0 Å². The number of aliphatic hydroxyl groups excluding tert-OH is 1. The highest BCUT2D eigenvalue weighted by Crippen LogP contribution is 2.14. The number of aromatic amines is 1. The predicted molar refractivity (Wildman–Crippen MR) is 332 cm³/mol. The molecule has 0 aliphatic carbocycles. The summed E-state index contributed by atoms with van der Waals surface area (Å²) in [6.45, 7) is 10.3. The number of carboxylic acids is 2. The van der Waals surface area contributed by atoms with E-state index in [1.165, 1.54) is 31.2 Å². The normalized spacial score (nSPS) is 15.1. The first kappa shape index (κ1) is 81.5. The third kappa shape index (κ3) is 31.5. The van der Waals surface area contributed by atoms with Crippen molar-refractivity contribution in [1.82, 2.24) is 68.5 Å². The maximum absolute atomic E-state index is 14.1. The zero-order valence-corrected chi connectivity index (χ0v) is 54.0. The van der Waals surface area contributed by atoms with Gasteiger partial charge in [0.1, 0.15) is 66.5 Å². The second-order valence-electron chi connectivity index (χ2n) is 22.9. The van der Waals surface area contributed by atoms with Gasteiger partial charge in [-0.15, -0.1) is 0 Å². The highest BCUT2D eigenvalue weighted by Gasteiger charge is 2.38. The minimum Gasteiger partial charge on any atom is -0.481 e. The van der Waals surface area contributed by atoms with Crippen molar-refractivity contribution in [2.24, 2.45) is 40.7 Å². The number of carbonyl (C=O) groups is 15. The van der Waals surface area contributed by atoms with Crippen molar-refractivity contribution in [3.63, 3.8) is 0 Å². The van der Waals surface area contributed by atoms with Crippen LogP contribution < -0.4 is 81.4 Å². The van der Waals surface area contributed by atoms with E-state index >= 15 is 0 Å². The summed E-state index contributed by atoms with van der Waals surface area (Å²) in [5.41, 5.74) is 22.2. The van der Waals surface area contributed by atoms with Crippen LogP contribution in [0.15, 0.2) is 12.5 Å². The second kappa shape index (κ2) is 42.5. The number of nitrogens with two attached hydrogens (primary N) is 4. The number of unbranched alkanes of at least 4 members (excludes halogenated alkanes) is 1. The number of aliphatic hydroxyl groups is 1. The fourth-order valence-corrected chi connectivity index (χ4v) is 9.19. The van der Waals surface area contributed by atoms with Crippen LogP contribution >= 0.6 is 11.8 Å². The number of hydrogen-bond donors (Lipinski definition) is 19. The van der Waals surface area contributed by atoms with Crippen LogP contribution in [0.2, 0.25) is 0 Å². The summed E-state index contributed by atoms with van der Waals surface area (Å²) < 4.78 is 0. The molecule has 1 rings (SSSR count). The van der Waals surface area contributed by atoms with Crippen molar-refractivity contribution in [3.05, 3.63) is 18.2 Å². The fraction of sp³-hybridized carbons (Fsp3) is 0.679. The Bertz CT molecular complexity index is 2670. The topological polar surface area (TPSA) is 582 Å². The molecule has 0 aromatic carbocycles. The van der Waals surface area contributed by atoms with Crippen LogP contribution in [0.3, 0.4) is 0 Å². The predicted octanol–water partition coefficient (Wildman–Crippen LogP) is -6.02. The maximum Gasteiger partial charge on any atom is 0.326 e. The highest BCUT2D eigenvalue weighted by atomic mass is 32.2. The Morgan fingerprint density at radius 1 is 0.565 bits per heavy atom. The van der Waals surface area contributed by atoms with Crippen molar-refractivity contribution in [2.75, 3.05) is 31.7 Å². The van der Waals surface area contributed by atoms with Gasteiger partial charge in [0.15, 0.2) is 0 Å². The van der Waals surface area contributed by atoms with E-state index in [4.69, 9.17) is 28.0 Å². The van der Waals surface area contributed by atoms with E-state index in [1.807, 2.05) is 0 Å². The molecule has 13 amide bonds. The van der Waals surface area contributed by atoms with Crippen LogP contribution in [0.5, 0.6) is 0 Å². The SMILES string of the molecule is CC[C@H](C)[C@H](NC(=O)[C@H](CCC(N)=O)NC(=O)[C@H](CCSC)NC(=O)CNC(=O)[C@@H](N)CO)C(=O)N[C@@H](C)C(=O)N[C@@H](CC(C)C)C(=O)N[C@@H](CC(N)=O)C(=O)N[C@@H](CC(=O)O)C(=O)N[C@@H](Cc1cnc[nH]1)C(=O)N[C@@H](CC(C)C)C(=O)N[C@@H](CCCCN)C(=O)O. The van der Waals surface area contributed by atoms with Gasteiger partial charge in [0.05, 0.1) is 32.3 Å². The number of H-pyrrole nitrogens is 1. The van der Waals surface area contributed by atoms with Crippen LogP contribution in [-0.2, 0) is 78.3 Å². The quantitative estimate of drug-likeness (QED) is 0.0270. The molecule has 0 spiro atoms. The Kier molecular flexibility index (Phi) is 37.7. The summed E-state index contributed by atoms with van der Waals surface area (Å²) in [6.07, 6.45) is 2.12. The van der Waals surface area contributed by atoms with Gasteiger partial charge in [-0.05, 0) is 88.2 Å². The maximum atomic E-state index is 14.1. The van der Waals surface area contributed by atoms with Gasteiger partial charge in [-0.25, -0.2) is 9.78 Å². The number of hydrogen-bond acceptors (Lipinski definition) is 20. The van der Waals surface area contributed by atoms with Crippen LogP contribution in [-0.4, -0.2) is 212 Å². The van der Waals surface area contributed by atoms with E-state index < -0.39 is 194 Å². The molecule has 0 aliphatic heterocycles. The number of carboxylic acid groups (broad SMARTS) is 2. The number of rotatable bonds is 46. The first-order valence-electron chi connectivity index (χ1n) is 30.0. The Morgan fingerprint density at radius 2 is 1.05 bits per heavy atom. The Hall–Kier alpha value is -8.51. The number of imidazole rings is 1. The smallest absolute Gasteiger partial charge is 0.326 e. The summed E-state index contributed by atoms with van der Waals surface area (Å²) in [7, 11) is 0. The second-order valence-corrected chi connectivity index (χ2v) is 23.9. The first-order chi connectivity index (χ1) is 43.2. The van der Waals surface area contributed by atoms with Gasteiger partial charge in [-0.2, -0.15) is 11.8 Å². The van der Waals surface area contributed by atoms with E-state index in [2.05, 4.69) is 68.5 Å². The summed E-state index contributed by atoms with van der Waals surface area (Å²) in [5, 5.41) is 55.4. The lowest BCUT2D eigenvalue weighted by molar-refractivity contribution is -0.142. The summed E-state index contributed by atoms with van der Waals surface area (Å²) in [4.78, 5) is 206. The van der Waals surface area contributed by atoms with Crippen molar-refractivity contribution in [2.45, 2.75) is 192 Å². The Labute approximate surface area is 537 Å². The largest absolute Gasteiger partial charge is 0.481 e. The average molecular weight is 1330 g/mol. The summed E-state index contributed by atoms with van der Waals surface area (Å²) >= 11 is 1.32. The molecular weight excluding hydrogens is 1230 g/mol. The van der Waals surface area contributed by atoms with Gasteiger partial charge in [0, 0.05) is 24.7 Å². The third-order valence-electron chi connectivity index (χ3n) is 14.0. The lowest BCUT2D eigenvalue weighted by Crippen LogP contribution is -2.61. The van der Waals surface area contributed by atoms with E-state index in [0.29, 0.717) is 18.6 Å². The number of thioether (sulfide) groups is 1. The molecule has 1 heterocycles. The first-order valence-corrected chi connectivity index (χ1v) is 31.4. The van der Waals surface area contributed by atoms with Gasteiger partial charge in [-0.3, -0.25) is 67.1 Å². The number of amides is 13. The molecule has 12 atom stereocenters. The molecule has 0 radical (unpaired) electrons. The molecule has 0 aliphatic rings. The lowest BCUT2D eigenvalue weighted by Gasteiger charge is -2.29. The van der Waals surface area contributed by atoms with Crippen LogP contribution in [0.25, 0.3) is 0 Å². The van der Waals surface area contributed by atoms with E-state index in [9.17, 15) is 82.1 Å². The number of nitrogens with one attached hydrogen (secondary N) is 12. The number of primary amides is 2. The van der Waals surface area contributed by atoms with Gasteiger partial charge < -0.3 is 102 Å².